The van der Waals surface area contributed by atoms with Crippen LogP contribution in [0.15, 0.2) is 42.5 Å². The fourth-order valence-electron chi connectivity index (χ4n) is 3.15. The lowest BCUT2D eigenvalue weighted by molar-refractivity contribution is -0.124. The number of hydrogen-bond donors (Lipinski definition) is 3. The van der Waals surface area contributed by atoms with Crippen LogP contribution in [0, 0.1) is 0 Å². The molecule has 8 nitrogen and oxygen atoms in total. The largest absolute Gasteiger partial charge is 0.494 e. The second-order valence-corrected chi connectivity index (χ2v) is 7.10. The average Bonchev–Trinajstić information content (AvgIpc) is 2.77. The van der Waals surface area contributed by atoms with Gasteiger partial charge in [-0.25, -0.2) is 0 Å². The zero-order chi connectivity index (χ0) is 22.1. The zero-order valence-corrected chi connectivity index (χ0v) is 17.5. The third-order valence-electron chi connectivity index (χ3n) is 4.68. The highest BCUT2D eigenvalue weighted by Gasteiger charge is 2.15. The van der Waals surface area contributed by atoms with Crippen molar-refractivity contribution in [3.63, 3.8) is 0 Å². The van der Waals surface area contributed by atoms with Crippen LogP contribution in [0.3, 0.4) is 0 Å². The highest BCUT2D eigenvalue weighted by Crippen LogP contribution is 2.26. The van der Waals surface area contributed by atoms with Crippen LogP contribution in [0.4, 0.5) is 11.4 Å². The Hall–Kier alpha value is -3.55. The van der Waals surface area contributed by atoms with Crippen LogP contribution in [-0.4, -0.2) is 37.5 Å². The van der Waals surface area contributed by atoms with Crippen molar-refractivity contribution in [2.75, 3.05) is 30.4 Å². The monoisotopic (exact) mass is 425 g/mol. The van der Waals surface area contributed by atoms with E-state index in [1.807, 2.05) is 19.1 Å². The summed E-state index contributed by atoms with van der Waals surface area (Å²) in [7, 11) is 0. The standard InChI is InChI=1S/C23H27N3O5/c1-2-30-18-8-6-17(7-9-18)25-23(29)15-24-21(27)4-3-13-31-19-10-11-20-16(14-19)5-12-22(28)26-20/h6-11,14H,2-5,12-13,15H2,1H3,(H,24,27)(H,25,29)(H,26,28). The van der Waals surface area contributed by atoms with E-state index in [-0.39, 0.29) is 30.7 Å². The van der Waals surface area contributed by atoms with E-state index in [4.69, 9.17) is 9.47 Å². The summed E-state index contributed by atoms with van der Waals surface area (Å²) in [6, 6.07) is 12.6. The van der Waals surface area contributed by atoms with Gasteiger partial charge in [-0.15, -0.1) is 0 Å². The molecule has 1 aliphatic rings. The van der Waals surface area contributed by atoms with Crippen LogP contribution >= 0.6 is 0 Å². The number of benzene rings is 2. The minimum absolute atomic E-state index is 0.0281. The Morgan fingerprint density at radius 2 is 1.77 bits per heavy atom. The van der Waals surface area contributed by atoms with Gasteiger partial charge in [0.05, 0.1) is 19.8 Å². The summed E-state index contributed by atoms with van der Waals surface area (Å²) >= 11 is 0. The molecule has 0 radical (unpaired) electrons. The summed E-state index contributed by atoms with van der Waals surface area (Å²) in [6.07, 6.45) is 1.96. The van der Waals surface area contributed by atoms with Gasteiger partial charge in [0.2, 0.25) is 17.7 Å². The number of carbonyl (C=O) groups excluding carboxylic acids is 3. The van der Waals surface area contributed by atoms with E-state index in [1.54, 1.807) is 30.3 Å². The molecule has 0 atom stereocenters. The topological polar surface area (TPSA) is 106 Å². The molecular weight excluding hydrogens is 398 g/mol. The van der Waals surface area contributed by atoms with Crippen LogP contribution in [0.25, 0.3) is 0 Å². The first-order valence-electron chi connectivity index (χ1n) is 10.4. The second kappa shape index (κ2) is 11.0. The van der Waals surface area contributed by atoms with Gasteiger partial charge in [0.1, 0.15) is 11.5 Å². The smallest absolute Gasteiger partial charge is 0.243 e. The molecule has 8 heteroatoms. The van der Waals surface area contributed by atoms with E-state index in [0.717, 1.165) is 17.0 Å². The molecule has 31 heavy (non-hydrogen) atoms. The average molecular weight is 425 g/mol. The van der Waals surface area contributed by atoms with Crippen molar-refractivity contribution in [1.82, 2.24) is 5.32 Å². The third-order valence-corrected chi connectivity index (χ3v) is 4.68. The van der Waals surface area contributed by atoms with Crippen molar-refractivity contribution in [1.29, 1.82) is 0 Å². The fraction of sp³-hybridized carbons (Fsp3) is 0.348. The Morgan fingerprint density at radius 3 is 2.55 bits per heavy atom. The molecule has 0 spiro atoms. The normalized spacial score (nSPS) is 12.4. The Balaban J connectivity index is 1.31. The Kier molecular flexibility index (Phi) is 7.86. The van der Waals surface area contributed by atoms with Crippen LogP contribution in [0.2, 0.25) is 0 Å². The van der Waals surface area contributed by atoms with Crippen LogP contribution in [0.5, 0.6) is 11.5 Å². The molecule has 0 fully saturated rings. The summed E-state index contributed by atoms with van der Waals surface area (Å²) in [4.78, 5) is 35.3. The van der Waals surface area contributed by atoms with Gasteiger partial charge in [-0.3, -0.25) is 14.4 Å². The van der Waals surface area contributed by atoms with Gasteiger partial charge in [-0.2, -0.15) is 0 Å². The molecule has 164 valence electrons. The molecule has 2 aromatic carbocycles. The molecule has 3 rings (SSSR count). The van der Waals surface area contributed by atoms with E-state index >= 15 is 0 Å². The van der Waals surface area contributed by atoms with E-state index < -0.39 is 0 Å². The number of carbonyl (C=O) groups is 3. The molecular formula is C23H27N3O5. The number of hydrogen-bond acceptors (Lipinski definition) is 5. The van der Waals surface area contributed by atoms with E-state index in [0.29, 0.717) is 43.9 Å². The second-order valence-electron chi connectivity index (χ2n) is 7.10. The van der Waals surface area contributed by atoms with Gasteiger partial charge in [-0.05, 0) is 67.8 Å². The minimum Gasteiger partial charge on any atom is -0.494 e. The SMILES string of the molecule is CCOc1ccc(NC(=O)CNC(=O)CCCOc2ccc3c(c2)CCC(=O)N3)cc1. The molecule has 0 aromatic heterocycles. The van der Waals surface area contributed by atoms with E-state index in [1.165, 1.54) is 0 Å². The molecule has 0 bridgehead atoms. The van der Waals surface area contributed by atoms with Crippen molar-refractivity contribution >= 4 is 29.1 Å². The maximum atomic E-state index is 12.0. The van der Waals surface area contributed by atoms with Crippen molar-refractivity contribution in [3.05, 3.63) is 48.0 Å². The lowest BCUT2D eigenvalue weighted by atomic mass is 10.0. The minimum atomic E-state index is -0.296. The van der Waals surface area contributed by atoms with Gasteiger partial charge in [0.15, 0.2) is 0 Å². The van der Waals surface area contributed by atoms with Crippen molar-refractivity contribution in [2.24, 2.45) is 0 Å². The highest BCUT2D eigenvalue weighted by molar-refractivity contribution is 5.95. The predicted molar refractivity (Wildman–Crippen MR) is 117 cm³/mol. The zero-order valence-electron chi connectivity index (χ0n) is 17.5. The predicted octanol–water partition coefficient (Wildman–Crippen LogP) is 2.88. The van der Waals surface area contributed by atoms with Crippen molar-refractivity contribution in [2.45, 2.75) is 32.6 Å². The van der Waals surface area contributed by atoms with Gasteiger partial charge < -0.3 is 25.4 Å². The highest BCUT2D eigenvalue weighted by atomic mass is 16.5. The lowest BCUT2D eigenvalue weighted by Gasteiger charge is -2.17. The van der Waals surface area contributed by atoms with Crippen LogP contribution in [-0.2, 0) is 20.8 Å². The molecule has 0 aliphatic carbocycles. The lowest BCUT2D eigenvalue weighted by Crippen LogP contribution is -2.32. The first kappa shape index (κ1) is 22.1. The maximum Gasteiger partial charge on any atom is 0.243 e. The van der Waals surface area contributed by atoms with Crippen LogP contribution in [0.1, 0.15) is 31.7 Å². The summed E-state index contributed by atoms with van der Waals surface area (Å²) in [5.41, 5.74) is 2.51. The number of fused-ring (bicyclic) bond motifs is 1. The number of ether oxygens (including phenoxy) is 2. The van der Waals surface area contributed by atoms with Gasteiger partial charge in [-0.1, -0.05) is 0 Å². The maximum absolute atomic E-state index is 12.0. The number of rotatable bonds is 10. The number of amides is 3. The summed E-state index contributed by atoms with van der Waals surface area (Å²) < 4.78 is 11.1. The molecule has 3 N–H and O–H groups in total. The molecule has 0 unspecified atom stereocenters. The van der Waals surface area contributed by atoms with Gasteiger partial charge in [0, 0.05) is 24.2 Å². The molecule has 1 aliphatic heterocycles. The van der Waals surface area contributed by atoms with E-state index in [9.17, 15) is 14.4 Å². The fourth-order valence-corrected chi connectivity index (χ4v) is 3.15. The van der Waals surface area contributed by atoms with Crippen LogP contribution < -0.4 is 25.4 Å². The summed E-state index contributed by atoms with van der Waals surface area (Å²) in [5.74, 6) is 0.970. The molecule has 1 heterocycles. The molecule has 0 saturated heterocycles. The summed E-state index contributed by atoms with van der Waals surface area (Å²) in [5, 5.41) is 8.16. The first-order valence-corrected chi connectivity index (χ1v) is 10.4. The Morgan fingerprint density at radius 1 is 1.00 bits per heavy atom. The first-order chi connectivity index (χ1) is 15.0. The van der Waals surface area contributed by atoms with Gasteiger partial charge in [0.25, 0.3) is 0 Å². The van der Waals surface area contributed by atoms with E-state index in [2.05, 4.69) is 16.0 Å². The van der Waals surface area contributed by atoms with Crippen molar-refractivity contribution in [3.8, 4) is 11.5 Å². The third kappa shape index (κ3) is 7.02. The number of aryl methyl sites for hydroxylation is 1. The molecule has 0 saturated carbocycles. The van der Waals surface area contributed by atoms with Crippen molar-refractivity contribution < 1.29 is 23.9 Å². The Labute approximate surface area is 181 Å². The molecule has 3 amide bonds. The van der Waals surface area contributed by atoms with Gasteiger partial charge >= 0.3 is 0 Å². The quantitative estimate of drug-likeness (QED) is 0.508. The number of nitrogens with one attached hydrogen (secondary N) is 3. The molecule has 2 aromatic rings. The Bertz CT molecular complexity index is 927. The number of anilines is 2. The summed E-state index contributed by atoms with van der Waals surface area (Å²) in [6.45, 7) is 2.77.